The molecule has 4 aromatic rings. The Labute approximate surface area is 378 Å². The fourth-order valence-electron chi connectivity index (χ4n) is 7.54. The molecule has 2 amide bonds. The molecule has 2 aliphatic heterocycles. The van der Waals surface area contributed by atoms with Crippen LogP contribution in [0.2, 0.25) is 0 Å². The van der Waals surface area contributed by atoms with Crippen LogP contribution in [0.25, 0.3) is 28.3 Å². The van der Waals surface area contributed by atoms with Gasteiger partial charge in [0.1, 0.15) is 40.5 Å². The summed E-state index contributed by atoms with van der Waals surface area (Å²) in [5.74, 6) is -0.629. The topological polar surface area (TPSA) is 194 Å². The van der Waals surface area contributed by atoms with Gasteiger partial charge in [-0.25, -0.2) is 29.3 Å². The Bertz CT molecular complexity index is 2500. The van der Waals surface area contributed by atoms with Gasteiger partial charge in [-0.1, -0.05) is 36.4 Å². The number of rotatable bonds is 11. The summed E-state index contributed by atoms with van der Waals surface area (Å²) < 4.78 is 43.0. The summed E-state index contributed by atoms with van der Waals surface area (Å²) in [6.45, 7) is 11.7. The number of nitrogens with one attached hydrogen (secondary N) is 2. The first-order valence-corrected chi connectivity index (χ1v) is 21.2. The zero-order valence-corrected chi connectivity index (χ0v) is 37.6. The van der Waals surface area contributed by atoms with Gasteiger partial charge in [-0.15, -0.1) is 0 Å². The van der Waals surface area contributed by atoms with Crippen LogP contribution < -0.4 is 25.2 Å². The summed E-state index contributed by atoms with van der Waals surface area (Å²) in [5.41, 5.74) is 2.87. The Morgan fingerprint density at radius 3 is 2.23 bits per heavy atom. The van der Waals surface area contributed by atoms with Crippen LogP contribution in [0.4, 0.5) is 19.8 Å². The van der Waals surface area contributed by atoms with E-state index in [0.717, 1.165) is 24.0 Å². The summed E-state index contributed by atoms with van der Waals surface area (Å²) in [7, 11) is 1.42. The monoisotopic (exact) mass is 888 g/mol. The Morgan fingerprint density at radius 1 is 0.908 bits per heavy atom. The van der Waals surface area contributed by atoms with E-state index in [1.54, 1.807) is 78.1 Å². The number of carbonyl (C=O) groups is 3. The molecule has 0 spiro atoms. The molecule has 6 rings (SSSR count). The van der Waals surface area contributed by atoms with Crippen LogP contribution in [0.1, 0.15) is 95.9 Å². The minimum Gasteiger partial charge on any atom is -0.493 e. The Morgan fingerprint density at radius 2 is 1.62 bits per heavy atom. The first kappa shape index (κ1) is 47.5. The number of amides is 2. The van der Waals surface area contributed by atoms with E-state index in [4.69, 9.17) is 33.5 Å². The summed E-state index contributed by atoms with van der Waals surface area (Å²) in [6.07, 6.45) is 5.89. The van der Waals surface area contributed by atoms with Crippen LogP contribution >= 0.6 is 0 Å². The van der Waals surface area contributed by atoms with Crippen molar-refractivity contribution < 1.29 is 47.3 Å². The predicted molar refractivity (Wildman–Crippen MR) is 239 cm³/mol. The highest BCUT2D eigenvalue weighted by Gasteiger charge is 2.40. The average Bonchev–Trinajstić information content (AvgIpc) is 3.26. The molecule has 15 nitrogen and oxygen atoms in total. The predicted octanol–water partition coefficient (Wildman–Crippen LogP) is 9.23. The first-order valence-electron chi connectivity index (χ1n) is 21.2. The number of hydrogen-bond acceptors (Lipinski definition) is 13. The van der Waals surface area contributed by atoms with Gasteiger partial charge in [0.25, 0.3) is 5.91 Å². The normalized spacial score (nSPS) is 16.2. The number of hydroxylamine groups is 1. The van der Waals surface area contributed by atoms with E-state index in [1.165, 1.54) is 25.3 Å². The lowest BCUT2D eigenvalue weighted by atomic mass is 9.80. The van der Waals surface area contributed by atoms with Crippen molar-refractivity contribution >= 4 is 30.0 Å². The zero-order valence-electron chi connectivity index (χ0n) is 37.6. The molecule has 0 saturated carbocycles. The maximum atomic E-state index is 15.4. The van der Waals surface area contributed by atoms with Crippen molar-refractivity contribution in [3.05, 3.63) is 101 Å². The van der Waals surface area contributed by atoms with E-state index in [0.29, 0.717) is 67.0 Å². The molecular formula is C49H53FN6O9. The molecule has 1 atom stereocenters. The summed E-state index contributed by atoms with van der Waals surface area (Å²) in [4.78, 5) is 50.8. The molecular weight excluding hydrogens is 836 g/mol. The molecule has 2 fully saturated rings. The summed E-state index contributed by atoms with van der Waals surface area (Å²) in [5, 5.41) is 23.6. The smallest absolute Gasteiger partial charge is 0.493 e. The van der Waals surface area contributed by atoms with Crippen LogP contribution in [-0.2, 0) is 29.4 Å². The van der Waals surface area contributed by atoms with Gasteiger partial charge in [0.05, 0.1) is 18.2 Å². The molecule has 1 aromatic heterocycles. The lowest BCUT2D eigenvalue weighted by Crippen LogP contribution is -2.54. The number of anilines is 1. The van der Waals surface area contributed by atoms with Crippen molar-refractivity contribution in [2.75, 3.05) is 31.7 Å². The summed E-state index contributed by atoms with van der Waals surface area (Å²) in [6, 6.07) is 20.5. The molecule has 0 aliphatic carbocycles. The third-order valence-electron chi connectivity index (χ3n) is 10.6. The highest BCUT2D eigenvalue weighted by atomic mass is 19.1. The molecule has 340 valence electrons. The van der Waals surface area contributed by atoms with Crippen molar-refractivity contribution in [2.45, 2.75) is 96.7 Å². The first-order chi connectivity index (χ1) is 30.9. The molecule has 3 heterocycles. The number of ether oxygens (including phenoxy) is 5. The number of aromatic nitrogens is 1. The Balaban J connectivity index is 1.32. The maximum absolute atomic E-state index is 15.4. The number of nitriles is 2. The van der Waals surface area contributed by atoms with Gasteiger partial charge >= 0.3 is 12.2 Å². The van der Waals surface area contributed by atoms with Crippen molar-refractivity contribution in [1.29, 1.82) is 10.5 Å². The van der Waals surface area contributed by atoms with Crippen LogP contribution in [0.3, 0.4) is 0 Å². The summed E-state index contributed by atoms with van der Waals surface area (Å²) >= 11 is 0. The number of hydrogen-bond donors (Lipinski definition) is 2. The van der Waals surface area contributed by atoms with Crippen LogP contribution in [0.15, 0.2) is 72.9 Å². The van der Waals surface area contributed by atoms with E-state index < -0.39 is 47.0 Å². The van der Waals surface area contributed by atoms with Crippen molar-refractivity contribution in [2.24, 2.45) is 0 Å². The van der Waals surface area contributed by atoms with Crippen LogP contribution in [0, 0.1) is 28.5 Å². The SMILES string of the molecule is COc1ccc(-c2cnc(N3CCC(NC(=O)OC(C)(C)C)(c4ccc(/C=C/C(=O)NOC5CCCCO5)cc4)CC3)c(C#N)c2-c2ccc(C#N)c(F)c2)cc1OC(=O)OC(C)(C)C. The van der Waals surface area contributed by atoms with E-state index >= 15 is 4.39 Å². The quantitative estimate of drug-likeness (QED) is 0.0627. The molecule has 2 N–H and O–H groups in total. The number of methoxy groups -OCH3 is 1. The Hall–Kier alpha value is -7.01. The van der Waals surface area contributed by atoms with Gasteiger partial charge in [0, 0.05) is 49.5 Å². The van der Waals surface area contributed by atoms with Gasteiger partial charge in [0.15, 0.2) is 17.8 Å². The highest BCUT2D eigenvalue weighted by Crippen LogP contribution is 2.43. The lowest BCUT2D eigenvalue weighted by molar-refractivity contribution is -0.198. The molecule has 0 radical (unpaired) electrons. The third-order valence-corrected chi connectivity index (χ3v) is 10.6. The van der Waals surface area contributed by atoms with Crippen LogP contribution in [0.5, 0.6) is 11.5 Å². The fraction of sp³-hybridized carbons (Fsp3) is 0.388. The van der Waals surface area contributed by atoms with Crippen molar-refractivity contribution in [3.8, 4) is 45.9 Å². The number of pyridine rings is 1. The number of nitrogens with zero attached hydrogens (tertiary/aromatic N) is 4. The highest BCUT2D eigenvalue weighted by molar-refractivity contribution is 5.92. The van der Waals surface area contributed by atoms with E-state index in [1.807, 2.05) is 35.2 Å². The second-order valence-corrected chi connectivity index (χ2v) is 17.6. The zero-order chi connectivity index (χ0) is 46.9. The largest absolute Gasteiger partial charge is 0.514 e. The molecule has 1 unspecified atom stereocenters. The number of halogens is 1. The van der Waals surface area contributed by atoms with Gasteiger partial charge < -0.3 is 33.9 Å². The van der Waals surface area contributed by atoms with Crippen molar-refractivity contribution in [1.82, 2.24) is 15.8 Å². The molecule has 3 aromatic carbocycles. The fourth-order valence-corrected chi connectivity index (χ4v) is 7.54. The molecule has 2 saturated heterocycles. The number of piperidine rings is 1. The van der Waals surface area contributed by atoms with Gasteiger partial charge in [0.2, 0.25) is 0 Å². The van der Waals surface area contributed by atoms with Gasteiger partial charge in [-0.3, -0.25) is 4.79 Å². The number of carbonyl (C=O) groups excluding carboxylic acids is 3. The maximum Gasteiger partial charge on any atom is 0.514 e. The minimum atomic E-state index is -0.959. The average molecular weight is 889 g/mol. The van der Waals surface area contributed by atoms with Crippen LogP contribution in [-0.4, -0.2) is 67.4 Å². The van der Waals surface area contributed by atoms with Gasteiger partial charge in [-0.2, -0.15) is 10.5 Å². The molecule has 65 heavy (non-hydrogen) atoms. The standard InChI is InChI=1S/C49H53FN6O9/c1-47(2,3)63-45(58)54-49(35-17-11-31(12-18-35)13-20-41(57)55-65-42-10-8-9-25-61-42)21-23-56(24-22-49)44-36(29-52)43(33-14-15-34(28-51)38(50)26-33)37(30-53-44)32-16-19-39(60-7)40(27-32)62-46(59)64-48(4,5)6/h11-20,26-27,30,42H,8-10,21-25H2,1-7H3,(H,54,58)(H,55,57)/b20-13+. The second kappa shape index (κ2) is 20.2. The van der Waals surface area contributed by atoms with E-state index in [-0.39, 0.29) is 22.6 Å². The van der Waals surface area contributed by atoms with E-state index in [2.05, 4.69) is 16.9 Å². The lowest BCUT2D eigenvalue weighted by Gasteiger charge is -2.43. The number of benzene rings is 3. The second-order valence-electron chi connectivity index (χ2n) is 17.6. The molecule has 16 heteroatoms. The number of alkyl carbamates (subject to hydrolysis) is 1. The molecule has 2 aliphatic rings. The minimum absolute atomic E-state index is 0.0354. The van der Waals surface area contributed by atoms with E-state index in [9.17, 15) is 24.9 Å². The Kier molecular flexibility index (Phi) is 14.8. The van der Waals surface area contributed by atoms with Crippen molar-refractivity contribution in [3.63, 3.8) is 0 Å². The third kappa shape index (κ3) is 12.2. The van der Waals surface area contributed by atoms with Gasteiger partial charge in [-0.05, 0) is 120 Å². The molecule has 0 bridgehead atoms.